The molecule has 0 aromatic heterocycles. The second kappa shape index (κ2) is 11.3. The molecule has 0 aliphatic heterocycles. The van der Waals surface area contributed by atoms with Crippen LogP contribution in [0, 0.1) is 0 Å². The normalized spacial score (nSPS) is 10.7. The number of hydrogen-bond donors (Lipinski definition) is 1. The summed E-state index contributed by atoms with van der Waals surface area (Å²) in [4.78, 5) is 12.4. The third-order valence-electron chi connectivity index (χ3n) is 4.10. The Hall–Kier alpha value is -2.49. The molecule has 0 fully saturated rings. The van der Waals surface area contributed by atoms with Crippen LogP contribution in [-0.4, -0.2) is 18.6 Å². The first-order valence-electron chi connectivity index (χ1n) is 9.89. The van der Waals surface area contributed by atoms with E-state index in [0.717, 1.165) is 24.5 Å². The van der Waals surface area contributed by atoms with Crippen molar-refractivity contribution >= 4 is 11.6 Å². The van der Waals surface area contributed by atoms with E-state index in [2.05, 4.69) is 12.2 Å². The van der Waals surface area contributed by atoms with E-state index in [1.54, 1.807) is 12.1 Å². The number of rotatable bonds is 11. The van der Waals surface area contributed by atoms with Gasteiger partial charge in [0.15, 0.2) is 0 Å². The minimum atomic E-state index is -0.150. The van der Waals surface area contributed by atoms with Crippen molar-refractivity contribution in [1.29, 1.82) is 0 Å². The van der Waals surface area contributed by atoms with Gasteiger partial charge in [0.2, 0.25) is 0 Å². The lowest BCUT2D eigenvalue weighted by Gasteiger charge is -2.12. The number of unbranched alkanes of at least 4 members (excludes halogenated alkanes) is 4. The molecule has 2 rings (SSSR count). The smallest absolute Gasteiger partial charge is 0.255 e. The zero-order valence-electron chi connectivity index (χ0n) is 16.7. The van der Waals surface area contributed by atoms with Crippen molar-refractivity contribution in [3.05, 3.63) is 54.1 Å². The number of carbonyl (C=O) groups excluding carboxylic acids is 1. The van der Waals surface area contributed by atoms with E-state index in [0.29, 0.717) is 11.3 Å². The minimum absolute atomic E-state index is 0.0927. The van der Waals surface area contributed by atoms with Gasteiger partial charge in [0.05, 0.1) is 12.7 Å². The number of carbonyl (C=O) groups is 1. The highest BCUT2D eigenvalue weighted by Gasteiger charge is 2.07. The maximum Gasteiger partial charge on any atom is 0.255 e. The Bertz CT molecular complexity index is 695. The molecular weight excluding hydrogens is 338 g/mol. The van der Waals surface area contributed by atoms with Crippen LogP contribution in [0.3, 0.4) is 0 Å². The molecule has 0 unspecified atom stereocenters. The van der Waals surface area contributed by atoms with Crippen molar-refractivity contribution in [2.24, 2.45) is 0 Å². The van der Waals surface area contributed by atoms with Crippen molar-refractivity contribution < 1.29 is 14.3 Å². The number of amides is 1. The number of nitrogens with one attached hydrogen (secondary N) is 1. The van der Waals surface area contributed by atoms with Crippen molar-refractivity contribution in [3.63, 3.8) is 0 Å². The molecule has 27 heavy (non-hydrogen) atoms. The summed E-state index contributed by atoms with van der Waals surface area (Å²) in [7, 11) is 0. The van der Waals surface area contributed by atoms with E-state index in [1.807, 2.05) is 50.2 Å². The number of ether oxygens (including phenoxy) is 2. The van der Waals surface area contributed by atoms with Crippen molar-refractivity contribution in [3.8, 4) is 11.5 Å². The summed E-state index contributed by atoms with van der Waals surface area (Å²) in [5.74, 6) is 1.39. The Morgan fingerprint density at radius 2 is 1.70 bits per heavy atom. The van der Waals surface area contributed by atoms with E-state index in [9.17, 15) is 4.79 Å². The molecular formula is C23H31NO3. The number of anilines is 1. The minimum Gasteiger partial charge on any atom is -0.494 e. The second-order valence-electron chi connectivity index (χ2n) is 6.94. The third-order valence-corrected chi connectivity index (χ3v) is 4.10. The molecule has 0 saturated heterocycles. The van der Waals surface area contributed by atoms with E-state index < -0.39 is 0 Å². The fourth-order valence-corrected chi connectivity index (χ4v) is 2.72. The van der Waals surface area contributed by atoms with Crippen LogP contribution in [0.15, 0.2) is 48.5 Å². The maximum atomic E-state index is 12.4. The fourth-order valence-electron chi connectivity index (χ4n) is 2.72. The average molecular weight is 370 g/mol. The monoisotopic (exact) mass is 369 g/mol. The lowest BCUT2D eigenvalue weighted by molar-refractivity contribution is 0.102. The average Bonchev–Trinajstić information content (AvgIpc) is 2.65. The topological polar surface area (TPSA) is 47.6 Å². The lowest BCUT2D eigenvalue weighted by atomic mass is 10.1. The molecule has 2 aromatic rings. The molecule has 0 heterocycles. The molecule has 4 heteroatoms. The third kappa shape index (κ3) is 7.73. The van der Waals surface area contributed by atoms with E-state index in [1.165, 1.54) is 25.7 Å². The zero-order chi connectivity index (χ0) is 19.5. The molecule has 146 valence electrons. The molecule has 4 nitrogen and oxygen atoms in total. The van der Waals surface area contributed by atoms with Gasteiger partial charge in [-0.1, -0.05) is 38.7 Å². The molecule has 0 saturated carbocycles. The Labute approximate surface area is 162 Å². The van der Waals surface area contributed by atoms with Gasteiger partial charge in [-0.2, -0.15) is 0 Å². The van der Waals surface area contributed by atoms with Gasteiger partial charge in [0.1, 0.15) is 11.5 Å². The molecule has 1 N–H and O–H groups in total. The summed E-state index contributed by atoms with van der Waals surface area (Å²) in [5.41, 5.74) is 1.31. The van der Waals surface area contributed by atoms with E-state index >= 15 is 0 Å². The summed E-state index contributed by atoms with van der Waals surface area (Å²) in [6, 6.07) is 14.7. The highest BCUT2D eigenvalue weighted by molar-refractivity contribution is 6.04. The summed E-state index contributed by atoms with van der Waals surface area (Å²) < 4.78 is 11.4. The van der Waals surface area contributed by atoms with Gasteiger partial charge < -0.3 is 14.8 Å². The summed E-state index contributed by atoms with van der Waals surface area (Å²) in [5, 5.41) is 2.90. The summed E-state index contributed by atoms with van der Waals surface area (Å²) in [6.07, 6.45) is 6.17. The Morgan fingerprint density at radius 1 is 0.963 bits per heavy atom. The molecule has 0 atom stereocenters. The van der Waals surface area contributed by atoms with Gasteiger partial charge in [-0.15, -0.1) is 0 Å². The maximum absolute atomic E-state index is 12.4. The highest BCUT2D eigenvalue weighted by atomic mass is 16.5. The zero-order valence-corrected chi connectivity index (χ0v) is 16.7. The van der Waals surface area contributed by atoms with Crippen LogP contribution in [0.5, 0.6) is 11.5 Å². The summed E-state index contributed by atoms with van der Waals surface area (Å²) in [6.45, 7) is 6.88. The second-order valence-corrected chi connectivity index (χ2v) is 6.94. The van der Waals surface area contributed by atoms with Crippen LogP contribution >= 0.6 is 0 Å². The standard InChI is InChI=1S/C23H31NO3/c1-4-5-6-7-8-16-26-21-14-12-19(13-15-21)23(25)24-20-10-9-11-22(17-20)27-18(2)3/h9-15,17-18H,4-8,16H2,1-3H3,(H,24,25). The van der Waals surface area contributed by atoms with Crippen LogP contribution in [-0.2, 0) is 0 Å². The van der Waals surface area contributed by atoms with Gasteiger partial charge in [0.25, 0.3) is 5.91 Å². The number of hydrogen-bond acceptors (Lipinski definition) is 3. The highest BCUT2D eigenvalue weighted by Crippen LogP contribution is 2.20. The summed E-state index contributed by atoms with van der Waals surface area (Å²) >= 11 is 0. The van der Waals surface area contributed by atoms with Gasteiger partial charge in [-0.3, -0.25) is 4.79 Å². The lowest BCUT2D eigenvalue weighted by Crippen LogP contribution is -2.12. The fraction of sp³-hybridized carbons (Fsp3) is 0.435. The first kappa shape index (κ1) is 20.8. The van der Waals surface area contributed by atoms with Crippen LogP contribution in [0.2, 0.25) is 0 Å². The first-order valence-corrected chi connectivity index (χ1v) is 9.89. The predicted octanol–water partition coefficient (Wildman–Crippen LogP) is 6.08. The Morgan fingerprint density at radius 3 is 2.41 bits per heavy atom. The number of benzene rings is 2. The van der Waals surface area contributed by atoms with Crippen molar-refractivity contribution in [1.82, 2.24) is 0 Å². The first-order chi connectivity index (χ1) is 13.1. The van der Waals surface area contributed by atoms with E-state index in [-0.39, 0.29) is 12.0 Å². The molecule has 0 aliphatic carbocycles. The molecule has 0 radical (unpaired) electrons. The molecule has 2 aromatic carbocycles. The Balaban J connectivity index is 1.83. The van der Waals surface area contributed by atoms with Gasteiger partial charge in [0, 0.05) is 17.3 Å². The van der Waals surface area contributed by atoms with Crippen LogP contribution in [0.4, 0.5) is 5.69 Å². The molecule has 0 bridgehead atoms. The van der Waals surface area contributed by atoms with Crippen LogP contribution < -0.4 is 14.8 Å². The van der Waals surface area contributed by atoms with Crippen LogP contribution in [0.1, 0.15) is 63.2 Å². The Kier molecular flexibility index (Phi) is 8.69. The van der Waals surface area contributed by atoms with Crippen molar-refractivity contribution in [2.45, 2.75) is 59.0 Å². The van der Waals surface area contributed by atoms with Crippen LogP contribution in [0.25, 0.3) is 0 Å². The van der Waals surface area contributed by atoms with Gasteiger partial charge in [-0.25, -0.2) is 0 Å². The van der Waals surface area contributed by atoms with Gasteiger partial charge >= 0.3 is 0 Å². The van der Waals surface area contributed by atoms with Crippen molar-refractivity contribution in [2.75, 3.05) is 11.9 Å². The molecule has 1 amide bonds. The molecule has 0 aliphatic rings. The molecule has 0 spiro atoms. The quantitative estimate of drug-likeness (QED) is 0.489. The largest absolute Gasteiger partial charge is 0.494 e. The SMILES string of the molecule is CCCCCCCOc1ccc(C(=O)Nc2cccc(OC(C)C)c2)cc1. The van der Waals surface area contributed by atoms with E-state index in [4.69, 9.17) is 9.47 Å². The predicted molar refractivity (Wildman–Crippen MR) is 111 cm³/mol. The van der Waals surface area contributed by atoms with Gasteiger partial charge in [-0.05, 0) is 56.7 Å².